The van der Waals surface area contributed by atoms with Gasteiger partial charge in [-0.2, -0.15) is 0 Å². The van der Waals surface area contributed by atoms with E-state index >= 15 is 0 Å². The molecule has 0 saturated carbocycles. The van der Waals surface area contributed by atoms with Crippen LogP contribution in [0.1, 0.15) is 15.9 Å². The number of sulfonamides is 1. The minimum Gasteiger partial charge on any atom is -0.348 e. The topological polar surface area (TPSA) is 79.4 Å². The van der Waals surface area contributed by atoms with Crippen molar-refractivity contribution in [2.45, 2.75) is 11.4 Å². The lowest BCUT2D eigenvalue weighted by Gasteiger charge is -2.11. The number of nitrogens with one attached hydrogen (secondary N) is 1. The zero-order valence-electron chi connectivity index (χ0n) is 12.4. The predicted molar refractivity (Wildman–Crippen MR) is 82.7 cm³/mol. The number of hydrogen-bond acceptors (Lipinski definition) is 4. The highest BCUT2D eigenvalue weighted by Crippen LogP contribution is 2.14. The molecule has 0 unspecified atom stereocenters. The third kappa shape index (κ3) is 3.69. The Morgan fingerprint density at radius 2 is 1.68 bits per heavy atom. The molecule has 0 spiro atoms. The summed E-state index contributed by atoms with van der Waals surface area (Å²) in [5.41, 5.74) is 1.35. The van der Waals surface area contributed by atoms with E-state index in [0.29, 0.717) is 12.1 Å². The Morgan fingerprint density at radius 3 is 2.23 bits per heavy atom. The number of nitrogens with zero attached hydrogens (tertiary/aromatic N) is 2. The van der Waals surface area contributed by atoms with Gasteiger partial charge in [-0.15, -0.1) is 0 Å². The van der Waals surface area contributed by atoms with Crippen molar-refractivity contribution in [3.05, 3.63) is 59.9 Å². The zero-order chi connectivity index (χ0) is 16.2. The van der Waals surface area contributed by atoms with Crippen molar-refractivity contribution in [2.75, 3.05) is 14.1 Å². The van der Waals surface area contributed by atoms with Crippen LogP contribution in [0.5, 0.6) is 0 Å². The van der Waals surface area contributed by atoms with Gasteiger partial charge in [0, 0.05) is 38.6 Å². The molecule has 0 aliphatic heterocycles. The van der Waals surface area contributed by atoms with Crippen molar-refractivity contribution in [1.82, 2.24) is 14.6 Å². The summed E-state index contributed by atoms with van der Waals surface area (Å²) in [5, 5.41) is 2.77. The number of pyridine rings is 1. The van der Waals surface area contributed by atoms with Gasteiger partial charge in [0.15, 0.2) is 0 Å². The van der Waals surface area contributed by atoms with Gasteiger partial charge in [0.05, 0.1) is 4.90 Å². The van der Waals surface area contributed by atoms with E-state index in [1.54, 1.807) is 12.4 Å². The van der Waals surface area contributed by atoms with E-state index in [9.17, 15) is 13.2 Å². The molecule has 2 rings (SSSR count). The molecule has 0 radical (unpaired) electrons. The van der Waals surface area contributed by atoms with Gasteiger partial charge in [0.25, 0.3) is 5.91 Å². The molecular formula is C15H17N3O3S. The summed E-state index contributed by atoms with van der Waals surface area (Å²) in [4.78, 5) is 16.1. The first kappa shape index (κ1) is 16.1. The lowest BCUT2D eigenvalue weighted by molar-refractivity contribution is 0.0951. The lowest BCUT2D eigenvalue weighted by Crippen LogP contribution is -2.24. The second-order valence-corrected chi connectivity index (χ2v) is 7.00. The highest BCUT2D eigenvalue weighted by molar-refractivity contribution is 7.89. The molecule has 2 aromatic rings. The van der Waals surface area contributed by atoms with E-state index in [4.69, 9.17) is 0 Å². The van der Waals surface area contributed by atoms with Crippen LogP contribution in [0.25, 0.3) is 0 Å². The molecule has 0 saturated heterocycles. The number of carbonyl (C=O) groups excluding carboxylic acids is 1. The lowest BCUT2D eigenvalue weighted by atomic mass is 10.2. The quantitative estimate of drug-likeness (QED) is 0.900. The van der Waals surface area contributed by atoms with Crippen LogP contribution in [0.4, 0.5) is 0 Å². The van der Waals surface area contributed by atoms with Crippen LogP contribution in [0.2, 0.25) is 0 Å². The Morgan fingerprint density at radius 1 is 1.09 bits per heavy atom. The number of hydrogen-bond donors (Lipinski definition) is 1. The van der Waals surface area contributed by atoms with E-state index in [1.165, 1.54) is 38.4 Å². The summed E-state index contributed by atoms with van der Waals surface area (Å²) >= 11 is 0. The molecule has 6 nitrogen and oxygen atoms in total. The minimum absolute atomic E-state index is 0.156. The van der Waals surface area contributed by atoms with E-state index in [0.717, 1.165) is 9.87 Å². The fraction of sp³-hybridized carbons (Fsp3) is 0.200. The number of carbonyl (C=O) groups is 1. The van der Waals surface area contributed by atoms with Crippen molar-refractivity contribution in [3.8, 4) is 0 Å². The third-order valence-electron chi connectivity index (χ3n) is 3.10. The van der Waals surface area contributed by atoms with Gasteiger partial charge in [0.2, 0.25) is 10.0 Å². The Hall–Kier alpha value is -2.25. The average molecular weight is 319 g/mol. The largest absolute Gasteiger partial charge is 0.348 e. The van der Waals surface area contributed by atoms with Crippen molar-refractivity contribution >= 4 is 15.9 Å². The minimum atomic E-state index is -3.48. The first-order valence-electron chi connectivity index (χ1n) is 6.61. The molecule has 1 heterocycles. The standard InChI is InChI=1S/C15H17N3O3S/c1-18(2)22(20,21)14-5-3-13(4-6-14)15(19)17-11-12-7-9-16-10-8-12/h3-10H,11H2,1-2H3,(H,17,19). The van der Waals surface area contributed by atoms with Gasteiger partial charge in [0.1, 0.15) is 0 Å². The predicted octanol–water partition coefficient (Wildman–Crippen LogP) is 1.26. The summed E-state index contributed by atoms with van der Waals surface area (Å²) in [6.45, 7) is 0.388. The normalized spacial score (nSPS) is 11.4. The summed E-state index contributed by atoms with van der Waals surface area (Å²) in [7, 11) is -0.554. The fourth-order valence-corrected chi connectivity index (χ4v) is 2.68. The zero-order valence-corrected chi connectivity index (χ0v) is 13.2. The molecule has 1 N–H and O–H groups in total. The molecule has 0 fully saturated rings. The highest BCUT2D eigenvalue weighted by Gasteiger charge is 2.17. The fourth-order valence-electron chi connectivity index (χ4n) is 1.77. The van der Waals surface area contributed by atoms with Crippen LogP contribution < -0.4 is 5.32 Å². The molecule has 116 valence electrons. The smallest absolute Gasteiger partial charge is 0.251 e. The SMILES string of the molecule is CN(C)S(=O)(=O)c1ccc(C(=O)NCc2ccncc2)cc1. The molecule has 1 amide bonds. The summed E-state index contributed by atoms with van der Waals surface area (Å²) in [6, 6.07) is 9.48. The molecule has 1 aromatic heterocycles. The van der Waals surface area contributed by atoms with Crippen molar-refractivity contribution < 1.29 is 13.2 Å². The van der Waals surface area contributed by atoms with Gasteiger partial charge >= 0.3 is 0 Å². The Labute approximate surface area is 129 Å². The van der Waals surface area contributed by atoms with Crippen LogP contribution in [0.15, 0.2) is 53.7 Å². The number of benzene rings is 1. The monoisotopic (exact) mass is 319 g/mol. The Balaban J connectivity index is 2.06. The van der Waals surface area contributed by atoms with Crippen LogP contribution in [0, 0.1) is 0 Å². The maximum absolute atomic E-state index is 12.0. The van der Waals surface area contributed by atoms with E-state index in [1.807, 2.05) is 12.1 Å². The van der Waals surface area contributed by atoms with Crippen molar-refractivity contribution in [1.29, 1.82) is 0 Å². The number of aromatic nitrogens is 1. The van der Waals surface area contributed by atoms with Crippen molar-refractivity contribution in [2.24, 2.45) is 0 Å². The Bertz CT molecular complexity index is 741. The molecule has 0 atom stereocenters. The van der Waals surface area contributed by atoms with Gasteiger partial charge < -0.3 is 5.32 Å². The van der Waals surface area contributed by atoms with Crippen LogP contribution in [0.3, 0.4) is 0 Å². The van der Waals surface area contributed by atoms with Gasteiger partial charge in [-0.3, -0.25) is 9.78 Å². The first-order valence-corrected chi connectivity index (χ1v) is 8.05. The summed E-state index contributed by atoms with van der Waals surface area (Å²) in [5.74, 6) is -0.259. The molecule has 0 aliphatic rings. The van der Waals surface area contributed by atoms with E-state index in [-0.39, 0.29) is 10.8 Å². The van der Waals surface area contributed by atoms with Gasteiger partial charge in [-0.1, -0.05) is 0 Å². The summed E-state index contributed by atoms with van der Waals surface area (Å²) in [6.07, 6.45) is 3.31. The average Bonchev–Trinajstić information content (AvgIpc) is 2.53. The maximum atomic E-state index is 12.0. The van der Waals surface area contributed by atoms with E-state index < -0.39 is 10.0 Å². The molecule has 0 bridgehead atoms. The second-order valence-electron chi connectivity index (χ2n) is 4.85. The van der Waals surface area contributed by atoms with Gasteiger partial charge in [-0.25, -0.2) is 12.7 Å². The summed E-state index contributed by atoms with van der Waals surface area (Å²) < 4.78 is 25.0. The Kier molecular flexibility index (Phi) is 4.89. The molecule has 1 aromatic carbocycles. The van der Waals surface area contributed by atoms with Crippen LogP contribution in [-0.4, -0.2) is 37.7 Å². The molecule has 7 heteroatoms. The third-order valence-corrected chi connectivity index (χ3v) is 4.93. The van der Waals surface area contributed by atoms with Crippen LogP contribution in [-0.2, 0) is 16.6 Å². The second kappa shape index (κ2) is 6.67. The number of rotatable bonds is 5. The first-order chi connectivity index (χ1) is 10.4. The number of amides is 1. The molecular weight excluding hydrogens is 302 g/mol. The van der Waals surface area contributed by atoms with Crippen molar-refractivity contribution in [3.63, 3.8) is 0 Å². The maximum Gasteiger partial charge on any atom is 0.251 e. The molecule has 0 aliphatic carbocycles. The van der Waals surface area contributed by atoms with Crippen LogP contribution >= 0.6 is 0 Å². The molecule has 22 heavy (non-hydrogen) atoms. The van der Waals surface area contributed by atoms with Gasteiger partial charge in [-0.05, 0) is 42.0 Å². The highest BCUT2D eigenvalue weighted by atomic mass is 32.2. The van der Waals surface area contributed by atoms with E-state index in [2.05, 4.69) is 10.3 Å².